The number of carbonyl (C=O) groups is 2. The number of carboxylic acids is 1. The zero-order chi connectivity index (χ0) is 14.0. The monoisotopic (exact) mass is 269 g/mol. The Morgan fingerprint density at radius 2 is 1.84 bits per heavy atom. The fourth-order valence-corrected chi connectivity index (χ4v) is 1.96. The lowest BCUT2D eigenvalue weighted by atomic mass is 10.1. The molecular weight excluding hydrogens is 256 g/mol. The van der Waals surface area contributed by atoms with Crippen molar-refractivity contribution in [2.24, 2.45) is 5.92 Å². The van der Waals surface area contributed by atoms with Crippen molar-refractivity contribution in [2.75, 3.05) is 0 Å². The molecule has 0 bridgehead atoms. The molecule has 0 aromatic heterocycles. The van der Waals surface area contributed by atoms with Gasteiger partial charge in [-0.2, -0.15) is 0 Å². The lowest BCUT2D eigenvalue weighted by Gasteiger charge is -2.16. The molecule has 4 nitrogen and oxygen atoms in total. The fraction of sp³-hybridized carbons (Fsp3) is 0.385. The maximum atomic E-state index is 13.0. The summed E-state index contributed by atoms with van der Waals surface area (Å²) in [6.45, 7) is 0. The summed E-state index contributed by atoms with van der Waals surface area (Å²) in [5, 5.41) is 11.3. The van der Waals surface area contributed by atoms with Crippen LogP contribution in [0.5, 0.6) is 0 Å². The summed E-state index contributed by atoms with van der Waals surface area (Å²) in [4.78, 5) is 22.5. The van der Waals surface area contributed by atoms with Gasteiger partial charge in [-0.25, -0.2) is 8.78 Å². The highest BCUT2D eigenvalue weighted by Gasteiger charge is 2.33. The maximum absolute atomic E-state index is 13.0. The topological polar surface area (TPSA) is 66.4 Å². The molecule has 1 aromatic carbocycles. The van der Waals surface area contributed by atoms with E-state index >= 15 is 0 Å². The predicted octanol–water partition coefficient (Wildman–Crippen LogP) is 1.95. The minimum Gasteiger partial charge on any atom is -0.481 e. The van der Waals surface area contributed by atoms with E-state index in [1.165, 1.54) is 0 Å². The second-order valence-corrected chi connectivity index (χ2v) is 4.67. The molecule has 1 saturated carbocycles. The van der Waals surface area contributed by atoms with Crippen molar-refractivity contribution >= 4 is 11.9 Å². The van der Waals surface area contributed by atoms with Gasteiger partial charge in [-0.05, 0) is 30.9 Å². The number of amides is 1. The Labute approximate surface area is 108 Å². The van der Waals surface area contributed by atoms with E-state index in [0.717, 1.165) is 25.0 Å². The third kappa shape index (κ3) is 3.74. The summed E-state index contributed by atoms with van der Waals surface area (Å²) >= 11 is 0. The maximum Gasteiger partial charge on any atom is 0.305 e. The van der Waals surface area contributed by atoms with Crippen LogP contribution in [-0.2, 0) is 4.79 Å². The number of nitrogens with one attached hydrogen (secondary N) is 1. The first-order valence-electron chi connectivity index (χ1n) is 5.94. The van der Waals surface area contributed by atoms with Gasteiger partial charge < -0.3 is 10.4 Å². The summed E-state index contributed by atoms with van der Waals surface area (Å²) < 4.78 is 26.0. The van der Waals surface area contributed by atoms with E-state index in [0.29, 0.717) is 6.07 Å². The molecule has 0 heterocycles. The van der Waals surface area contributed by atoms with Gasteiger partial charge in [-0.15, -0.1) is 0 Å². The number of benzene rings is 1. The largest absolute Gasteiger partial charge is 0.481 e. The van der Waals surface area contributed by atoms with E-state index in [-0.39, 0.29) is 17.9 Å². The highest BCUT2D eigenvalue weighted by atomic mass is 19.1. The molecule has 1 unspecified atom stereocenters. The Balaban J connectivity index is 2.07. The van der Waals surface area contributed by atoms with Crippen LogP contribution < -0.4 is 5.32 Å². The predicted molar refractivity (Wildman–Crippen MR) is 62.6 cm³/mol. The Morgan fingerprint density at radius 1 is 1.26 bits per heavy atom. The van der Waals surface area contributed by atoms with Crippen LogP contribution in [0.3, 0.4) is 0 Å². The van der Waals surface area contributed by atoms with Gasteiger partial charge >= 0.3 is 5.97 Å². The molecule has 0 radical (unpaired) electrons. The van der Waals surface area contributed by atoms with E-state index in [2.05, 4.69) is 5.32 Å². The lowest BCUT2D eigenvalue weighted by Crippen LogP contribution is -2.38. The van der Waals surface area contributed by atoms with Crippen molar-refractivity contribution in [2.45, 2.75) is 25.3 Å². The SMILES string of the molecule is O=C(O)CC(NC(=O)c1cc(F)cc(F)c1)C1CC1. The van der Waals surface area contributed by atoms with Crippen LogP contribution in [0.25, 0.3) is 0 Å². The molecule has 1 aliphatic carbocycles. The number of hydrogen-bond donors (Lipinski definition) is 2. The molecule has 1 amide bonds. The number of carbonyl (C=O) groups excluding carboxylic acids is 1. The first kappa shape index (κ1) is 13.5. The van der Waals surface area contributed by atoms with E-state index in [1.807, 2.05) is 0 Å². The second-order valence-electron chi connectivity index (χ2n) is 4.67. The van der Waals surface area contributed by atoms with E-state index < -0.39 is 29.6 Å². The quantitative estimate of drug-likeness (QED) is 0.858. The highest BCUT2D eigenvalue weighted by Crippen LogP contribution is 2.34. The van der Waals surface area contributed by atoms with Gasteiger partial charge in [0.1, 0.15) is 11.6 Å². The Morgan fingerprint density at radius 3 is 2.32 bits per heavy atom. The first-order valence-corrected chi connectivity index (χ1v) is 5.94. The summed E-state index contributed by atoms with van der Waals surface area (Å²) in [5.41, 5.74) is -0.145. The molecule has 19 heavy (non-hydrogen) atoms. The molecule has 1 aromatic rings. The molecule has 1 fully saturated rings. The molecule has 102 valence electrons. The van der Waals surface area contributed by atoms with Crippen molar-refractivity contribution < 1.29 is 23.5 Å². The van der Waals surface area contributed by atoms with E-state index in [9.17, 15) is 18.4 Å². The molecule has 2 rings (SSSR count). The Bertz CT molecular complexity index is 494. The lowest BCUT2D eigenvalue weighted by molar-refractivity contribution is -0.137. The first-order chi connectivity index (χ1) is 8.95. The van der Waals surface area contributed by atoms with Crippen molar-refractivity contribution in [1.82, 2.24) is 5.32 Å². The van der Waals surface area contributed by atoms with Gasteiger partial charge in [-0.1, -0.05) is 0 Å². The second kappa shape index (κ2) is 5.34. The summed E-state index contributed by atoms with van der Waals surface area (Å²) in [6.07, 6.45) is 1.53. The van der Waals surface area contributed by atoms with Gasteiger partial charge in [-0.3, -0.25) is 9.59 Å². The third-order valence-electron chi connectivity index (χ3n) is 3.03. The summed E-state index contributed by atoms with van der Waals surface area (Å²) in [7, 11) is 0. The van der Waals surface area contributed by atoms with Crippen LogP contribution in [0.1, 0.15) is 29.6 Å². The summed E-state index contributed by atoms with van der Waals surface area (Å²) in [5.74, 6) is -3.21. The van der Waals surface area contributed by atoms with Crippen molar-refractivity contribution in [1.29, 1.82) is 0 Å². The highest BCUT2D eigenvalue weighted by molar-refractivity contribution is 5.94. The normalized spacial score (nSPS) is 15.9. The van der Waals surface area contributed by atoms with Crippen LogP contribution in [0, 0.1) is 17.6 Å². The number of aliphatic carboxylic acids is 1. The number of carboxylic acid groups (broad SMARTS) is 1. The molecule has 6 heteroatoms. The number of halogens is 2. The molecule has 1 atom stereocenters. The number of hydrogen-bond acceptors (Lipinski definition) is 2. The van der Waals surface area contributed by atoms with E-state index in [1.54, 1.807) is 0 Å². The smallest absolute Gasteiger partial charge is 0.305 e. The Kier molecular flexibility index (Phi) is 3.78. The molecule has 0 spiro atoms. The Hall–Kier alpha value is -1.98. The van der Waals surface area contributed by atoms with Gasteiger partial charge in [0.05, 0.1) is 6.42 Å². The van der Waals surface area contributed by atoms with Gasteiger partial charge in [0.15, 0.2) is 0 Å². The van der Waals surface area contributed by atoms with E-state index in [4.69, 9.17) is 5.11 Å². The summed E-state index contributed by atoms with van der Waals surface area (Å²) in [6, 6.07) is 2.02. The average molecular weight is 269 g/mol. The van der Waals surface area contributed by atoms with Crippen molar-refractivity contribution in [3.63, 3.8) is 0 Å². The molecule has 2 N–H and O–H groups in total. The average Bonchev–Trinajstić information content (AvgIpc) is 3.09. The zero-order valence-corrected chi connectivity index (χ0v) is 10.0. The van der Waals surface area contributed by atoms with Crippen LogP contribution in [-0.4, -0.2) is 23.0 Å². The third-order valence-corrected chi connectivity index (χ3v) is 3.03. The molecule has 1 aliphatic rings. The van der Waals surface area contributed by atoms with Gasteiger partial charge in [0.2, 0.25) is 0 Å². The minimum absolute atomic E-state index is 0.137. The van der Waals surface area contributed by atoms with Crippen LogP contribution in [0.2, 0.25) is 0 Å². The van der Waals surface area contributed by atoms with Crippen LogP contribution in [0.15, 0.2) is 18.2 Å². The molecule has 0 saturated heterocycles. The van der Waals surface area contributed by atoms with Crippen molar-refractivity contribution in [3.8, 4) is 0 Å². The molecular formula is C13H13F2NO3. The zero-order valence-electron chi connectivity index (χ0n) is 10.0. The van der Waals surface area contributed by atoms with Crippen LogP contribution >= 0.6 is 0 Å². The standard InChI is InChI=1S/C13H13F2NO3/c14-9-3-8(4-10(15)5-9)13(19)16-11(6-12(17)18)7-1-2-7/h3-5,7,11H,1-2,6H2,(H,16,19)(H,17,18). The molecule has 0 aliphatic heterocycles. The minimum atomic E-state index is -1.01. The van der Waals surface area contributed by atoms with Gasteiger partial charge in [0, 0.05) is 17.7 Å². The number of rotatable bonds is 5. The van der Waals surface area contributed by atoms with Gasteiger partial charge in [0.25, 0.3) is 5.91 Å². The van der Waals surface area contributed by atoms with Crippen LogP contribution in [0.4, 0.5) is 8.78 Å². The fourth-order valence-electron chi connectivity index (χ4n) is 1.96. The van der Waals surface area contributed by atoms with Crippen molar-refractivity contribution in [3.05, 3.63) is 35.4 Å².